The Morgan fingerprint density at radius 3 is 2.82 bits per heavy atom. The monoisotopic (exact) mass is 235 g/mol. The molecule has 0 radical (unpaired) electrons. The minimum atomic E-state index is -0.984. The number of nitrogens with zero attached hydrogens (tertiary/aromatic N) is 1. The Balaban J connectivity index is 2.33. The second kappa shape index (κ2) is 4.73. The molecule has 1 heterocycles. The van der Waals surface area contributed by atoms with Gasteiger partial charge in [0.1, 0.15) is 0 Å². The average molecular weight is 235 g/mol. The van der Waals surface area contributed by atoms with Crippen LogP contribution >= 0.6 is 0 Å². The number of carboxylic acids is 1. The molecule has 1 saturated carbocycles. The first kappa shape index (κ1) is 11.9. The first-order valence-corrected chi connectivity index (χ1v) is 6.03. The van der Waals surface area contributed by atoms with Crippen LogP contribution in [0.2, 0.25) is 0 Å². The molecule has 2 atom stereocenters. The van der Waals surface area contributed by atoms with Crippen LogP contribution in [0.5, 0.6) is 0 Å². The van der Waals surface area contributed by atoms with Crippen molar-refractivity contribution in [3.05, 3.63) is 34.2 Å². The average Bonchev–Trinajstić information content (AvgIpc) is 2.29. The highest BCUT2D eigenvalue weighted by atomic mass is 16.4. The summed E-state index contributed by atoms with van der Waals surface area (Å²) in [6.07, 6.45) is 5.71. The summed E-state index contributed by atoms with van der Waals surface area (Å²) >= 11 is 0. The lowest BCUT2D eigenvalue weighted by molar-refractivity contribution is 0.0695. The van der Waals surface area contributed by atoms with E-state index in [-0.39, 0.29) is 17.2 Å². The fourth-order valence-electron chi connectivity index (χ4n) is 2.57. The van der Waals surface area contributed by atoms with Crippen LogP contribution < -0.4 is 5.56 Å². The number of aromatic carboxylic acids is 1. The smallest absolute Gasteiger partial charge is 0.337 e. The Morgan fingerprint density at radius 1 is 1.41 bits per heavy atom. The molecule has 4 heteroatoms. The maximum absolute atomic E-state index is 11.8. The van der Waals surface area contributed by atoms with E-state index in [1.54, 1.807) is 4.57 Å². The van der Waals surface area contributed by atoms with Crippen molar-refractivity contribution in [1.29, 1.82) is 0 Å². The van der Waals surface area contributed by atoms with E-state index in [2.05, 4.69) is 6.92 Å². The van der Waals surface area contributed by atoms with Gasteiger partial charge in [-0.05, 0) is 24.8 Å². The van der Waals surface area contributed by atoms with Crippen molar-refractivity contribution >= 4 is 5.97 Å². The van der Waals surface area contributed by atoms with E-state index in [1.165, 1.54) is 24.8 Å². The molecule has 1 N–H and O–H groups in total. The second-order valence-corrected chi connectivity index (χ2v) is 4.89. The highest BCUT2D eigenvalue weighted by molar-refractivity contribution is 5.87. The third-order valence-corrected chi connectivity index (χ3v) is 3.49. The molecule has 1 aromatic heterocycles. The van der Waals surface area contributed by atoms with Crippen LogP contribution in [-0.2, 0) is 0 Å². The minimum Gasteiger partial charge on any atom is -0.478 e. The van der Waals surface area contributed by atoms with E-state index in [0.717, 1.165) is 19.3 Å². The molecule has 1 aromatic rings. The Bertz CT molecular complexity index is 478. The maximum atomic E-state index is 11.8. The van der Waals surface area contributed by atoms with Gasteiger partial charge in [-0.15, -0.1) is 0 Å². The number of aromatic nitrogens is 1. The van der Waals surface area contributed by atoms with Crippen LogP contribution in [0.3, 0.4) is 0 Å². The first-order valence-electron chi connectivity index (χ1n) is 6.03. The molecule has 0 aromatic carbocycles. The fourth-order valence-corrected chi connectivity index (χ4v) is 2.57. The van der Waals surface area contributed by atoms with E-state index < -0.39 is 5.97 Å². The standard InChI is InChI=1S/C13H17NO3/c1-9-3-2-4-11(7-9)14-8-10(13(16)17)5-6-12(14)15/h5-6,8-9,11H,2-4,7H2,1H3,(H,16,17)/t9-,11-/m1/s1. The Morgan fingerprint density at radius 2 is 2.18 bits per heavy atom. The van der Waals surface area contributed by atoms with Gasteiger partial charge in [0.25, 0.3) is 5.56 Å². The molecule has 1 aliphatic carbocycles. The van der Waals surface area contributed by atoms with E-state index in [4.69, 9.17) is 5.11 Å². The van der Waals surface area contributed by atoms with Crippen LogP contribution in [0, 0.1) is 5.92 Å². The molecule has 2 rings (SSSR count). The van der Waals surface area contributed by atoms with Gasteiger partial charge < -0.3 is 9.67 Å². The van der Waals surface area contributed by atoms with Crippen molar-refractivity contribution in [2.24, 2.45) is 5.92 Å². The lowest BCUT2D eigenvalue weighted by Gasteiger charge is -2.28. The molecule has 0 unspecified atom stereocenters. The zero-order chi connectivity index (χ0) is 12.4. The molecule has 1 aliphatic rings. The predicted molar refractivity (Wildman–Crippen MR) is 64.3 cm³/mol. The molecule has 92 valence electrons. The molecule has 17 heavy (non-hydrogen) atoms. The van der Waals surface area contributed by atoms with Crippen molar-refractivity contribution in [3.63, 3.8) is 0 Å². The van der Waals surface area contributed by atoms with Gasteiger partial charge in [0.15, 0.2) is 0 Å². The van der Waals surface area contributed by atoms with Gasteiger partial charge in [0, 0.05) is 18.3 Å². The second-order valence-electron chi connectivity index (χ2n) is 4.89. The number of pyridine rings is 1. The zero-order valence-corrected chi connectivity index (χ0v) is 9.93. The molecular formula is C13H17NO3. The van der Waals surface area contributed by atoms with E-state index in [0.29, 0.717) is 5.92 Å². The largest absolute Gasteiger partial charge is 0.478 e. The number of hydrogen-bond acceptors (Lipinski definition) is 2. The van der Waals surface area contributed by atoms with Crippen molar-refractivity contribution < 1.29 is 9.90 Å². The van der Waals surface area contributed by atoms with Crippen LogP contribution in [-0.4, -0.2) is 15.6 Å². The molecule has 0 aliphatic heterocycles. The lowest BCUT2D eigenvalue weighted by Crippen LogP contribution is -2.28. The van der Waals surface area contributed by atoms with Crippen molar-refractivity contribution in [2.75, 3.05) is 0 Å². The third-order valence-electron chi connectivity index (χ3n) is 3.49. The Kier molecular flexibility index (Phi) is 3.31. The molecule has 0 bridgehead atoms. The Hall–Kier alpha value is -1.58. The molecule has 0 saturated heterocycles. The van der Waals surface area contributed by atoms with Crippen molar-refractivity contribution in [3.8, 4) is 0 Å². The van der Waals surface area contributed by atoms with E-state index >= 15 is 0 Å². The van der Waals surface area contributed by atoms with Gasteiger partial charge in [0.05, 0.1) is 5.56 Å². The summed E-state index contributed by atoms with van der Waals surface area (Å²) in [5.41, 5.74) is 0.0805. The summed E-state index contributed by atoms with van der Waals surface area (Å²) in [5.74, 6) is -0.378. The van der Waals surface area contributed by atoms with Gasteiger partial charge in [-0.2, -0.15) is 0 Å². The molecule has 1 fully saturated rings. The van der Waals surface area contributed by atoms with Crippen LogP contribution in [0.1, 0.15) is 49.0 Å². The Labute approximate surface area is 99.9 Å². The summed E-state index contributed by atoms with van der Waals surface area (Å²) in [6, 6.07) is 2.88. The van der Waals surface area contributed by atoms with Crippen LogP contribution in [0.25, 0.3) is 0 Å². The normalized spacial score (nSPS) is 24.5. The van der Waals surface area contributed by atoms with Gasteiger partial charge in [-0.3, -0.25) is 4.79 Å². The van der Waals surface area contributed by atoms with Gasteiger partial charge in [-0.1, -0.05) is 19.8 Å². The summed E-state index contributed by atoms with van der Waals surface area (Å²) in [7, 11) is 0. The summed E-state index contributed by atoms with van der Waals surface area (Å²) < 4.78 is 1.60. The van der Waals surface area contributed by atoms with Crippen LogP contribution in [0.4, 0.5) is 0 Å². The number of carboxylic acid groups (broad SMARTS) is 1. The first-order chi connectivity index (χ1) is 8.08. The highest BCUT2D eigenvalue weighted by Gasteiger charge is 2.21. The van der Waals surface area contributed by atoms with Gasteiger partial charge in [0.2, 0.25) is 0 Å². The SMILES string of the molecule is C[C@@H]1CCC[C@@H](n2cc(C(=O)O)ccc2=O)C1. The third kappa shape index (κ3) is 2.57. The molecule has 0 spiro atoms. The summed E-state index contributed by atoms with van der Waals surface area (Å²) in [5, 5.41) is 8.94. The molecule has 4 nitrogen and oxygen atoms in total. The quantitative estimate of drug-likeness (QED) is 0.855. The number of carbonyl (C=O) groups is 1. The van der Waals surface area contributed by atoms with E-state index in [9.17, 15) is 9.59 Å². The van der Waals surface area contributed by atoms with Crippen LogP contribution in [0.15, 0.2) is 23.1 Å². The fraction of sp³-hybridized carbons (Fsp3) is 0.538. The molecular weight excluding hydrogens is 218 g/mol. The van der Waals surface area contributed by atoms with Gasteiger partial charge >= 0.3 is 5.97 Å². The highest BCUT2D eigenvalue weighted by Crippen LogP contribution is 2.31. The van der Waals surface area contributed by atoms with Crippen molar-refractivity contribution in [2.45, 2.75) is 38.6 Å². The number of hydrogen-bond donors (Lipinski definition) is 1. The summed E-state index contributed by atoms with van der Waals surface area (Å²) in [4.78, 5) is 22.7. The minimum absolute atomic E-state index is 0.103. The maximum Gasteiger partial charge on any atom is 0.337 e. The summed E-state index contributed by atoms with van der Waals surface area (Å²) in [6.45, 7) is 2.18. The van der Waals surface area contributed by atoms with Gasteiger partial charge in [-0.25, -0.2) is 4.79 Å². The predicted octanol–water partition coefficient (Wildman–Crippen LogP) is 2.30. The number of rotatable bonds is 2. The molecule has 0 amide bonds. The van der Waals surface area contributed by atoms with E-state index in [1.807, 2.05) is 0 Å². The van der Waals surface area contributed by atoms with Crippen molar-refractivity contribution in [1.82, 2.24) is 4.57 Å². The topological polar surface area (TPSA) is 59.3 Å². The lowest BCUT2D eigenvalue weighted by atomic mass is 9.87. The zero-order valence-electron chi connectivity index (χ0n) is 9.93.